The van der Waals surface area contributed by atoms with E-state index in [1.807, 2.05) is 13.2 Å². The fourth-order valence-corrected chi connectivity index (χ4v) is 3.58. The van der Waals surface area contributed by atoms with Crippen LogP contribution in [0.4, 0.5) is 0 Å². The van der Waals surface area contributed by atoms with Crippen LogP contribution in [0.15, 0.2) is 12.4 Å². The van der Waals surface area contributed by atoms with E-state index in [0.717, 1.165) is 32.4 Å². The van der Waals surface area contributed by atoms with E-state index in [1.165, 1.54) is 6.42 Å². The molecule has 3 rings (SSSR count). The standard InChI is InChI=1S/C14H22N4O/c1-14-6-4-7-15-12(14)5-3-8-18(14)13(19)11-9-16-17(2)10-11/h9-10,12,15H,3-8H2,1-2H3/t12-,14+/m1/s1. The number of aromatic nitrogens is 2. The first-order chi connectivity index (χ1) is 9.11. The van der Waals surface area contributed by atoms with Crippen LogP contribution in [-0.2, 0) is 7.05 Å². The van der Waals surface area contributed by atoms with Gasteiger partial charge in [-0.3, -0.25) is 9.48 Å². The molecule has 0 bridgehead atoms. The van der Waals surface area contributed by atoms with Crippen LogP contribution in [0.5, 0.6) is 0 Å². The Morgan fingerprint density at radius 1 is 1.53 bits per heavy atom. The quantitative estimate of drug-likeness (QED) is 0.826. The summed E-state index contributed by atoms with van der Waals surface area (Å²) in [5.41, 5.74) is 0.665. The minimum atomic E-state index is -0.0383. The third kappa shape index (κ3) is 2.06. The van der Waals surface area contributed by atoms with Crippen LogP contribution in [0, 0.1) is 0 Å². The predicted octanol–water partition coefficient (Wildman–Crippen LogP) is 1.17. The van der Waals surface area contributed by atoms with Gasteiger partial charge < -0.3 is 10.2 Å². The number of nitrogens with one attached hydrogen (secondary N) is 1. The molecular weight excluding hydrogens is 240 g/mol. The third-order valence-electron chi connectivity index (χ3n) is 4.69. The predicted molar refractivity (Wildman–Crippen MR) is 72.9 cm³/mol. The fraction of sp³-hybridized carbons (Fsp3) is 0.714. The number of carbonyl (C=O) groups is 1. The molecule has 1 N–H and O–H groups in total. The summed E-state index contributed by atoms with van der Waals surface area (Å²) in [6.45, 7) is 4.18. The van der Waals surface area contributed by atoms with Crippen LogP contribution < -0.4 is 5.32 Å². The maximum atomic E-state index is 12.7. The zero-order valence-corrected chi connectivity index (χ0v) is 11.7. The Bertz CT molecular complexity index is 482. The monoisotopic (exact) mass is 262 g/mol. The van der Waals surface area contributed by atoms with Gasteiger partial charge in [-0.25, -0.2) is 0 Å². The van der Waals surface area contributed by atoms with Crippen molar-refractivity contribution in [3.8, 4) is 0 Å². The van der Waals surface area contributed by atoms with Gasteiger partial charge in [0.1, 0.15) is 0 Å². The molecule has 1 amide bonds. The number of aryl methyl sites for hydroxylation is 1. The maximum absolute atomic E-state index is 12.7. The highest BCUT2D eigenvalue weighted by Gasteiger charge is 2.46. The molecule has 0 radical (unpaired) electrons. The number of rotatable bonds is 1. The number of carbonyl (C=O) groups excluding carboxylic acids is 1. The van der Waals surface area contributed by atoms with E-state index >= 15 is 0 Å². The average Bonchev–Trinajstić information content (AvgIpc) is 2.83. The Hall–Kier alpha value is -1.36. The van der Waals surface area contributed by atoms with Gasteiger partial charge in [-0.05, 0) is 39.2 Å². The van der Waals surface area contributed by atoms with E-state index in [0.29, 0.717) is 11.6 Å². The summed E-state index contributed by atoms with van der Waals surface area (Å²) in [6.07, 6.45) is 7.98. The van der Waals surface area contributed by atoms with Crippen molar-refractivity contribution in [3.63, 3.8) is 0 Å². The number of likely N-dealkylation sites (tertiary alicyclic amines) is 1. The van der Waals surface area contributed by atoms with Gasteiger partial charge in [-0.1, -0.05) is 0 Å². The van der Waals surface area contributed by atoms with Crippen molar-refractivity contribution < 1.29 is 4.79 Å². The lowest BCUT2D eigenvalue weighted by molar-refractivity contribution is 0.00879. The molecule has 2 saturated heterocycles. The molecule has 0 aliphatic carbocycles. The number of hydrogen-bond acceptors (Lipinski definition) is 3. The number of fused-ring (bicyclic) bond motifs is 1. The highest BCUT2D eigenvalue weighted by atomic mass is 16.2. The van der Waals surface area contributed by atoms with Crippen LogP contribution in [0.3, 0.4) is 0 Å². The molecule has 104 valence electrons. The normalized spacial score (nSPS) is 31.1. The third-order valence-corrected chi connectivity index (χ3v) is 4.69. The molecule has 2 aliphatic rings. The Morgan fingerprint density at radius 3 is 3.11 bits per heavy atom. The second-order valence-corrected chi connectivity index (χ2v) is 5.97. The van der Waals surface area contributed by atoms with Gasteiger partial charge in [0.25, 0.3) is 5.91 Å². The molecular formula is C14H22N4O. The minimum absolute atomic E-state index is 0.0383. The number of hydrogen-bond donors (Lipinski definition) is 1. The average molecular weight is 262 g/mol. The first-order valence-corrected chi connectivity index (χ1v) is 7.15. The lowest BCUT2D eigenvalue weighted by Crippen LogP contribution is -2.66. The highest BCUT2D eigenvalue weighted by Crippen LogP contribution is 2.35. The summed E-state index contributed by atoms with van der Waals surface area (Å²) in [5.74, 6) is 0.129. The number of nitrogens with zero attached hydrogens (tertiary/aromatic N) is 3. The molecule has 2 aliphatic heterocycles. The summed E-state index contributed by atoms with van der Waals surface area (Å²) in [6, 6.07) is 0.440. The van der Waals surface area contributed by atoms with E-state index in [-0.39, 0.29) is 11.4 Å². The van der Waals surface area contributed by atoms with Crippen molar-refractivity contribution >= 4 is 5.91 Å². The van der Waals surface area contributed by atoms with E-state index in [9.17, 15) is 4.79 Å². The molecule has 3 heterocycles. The van der Waals surface area contributed by atoms with Crippen LogP contribution in [0.25, 0.3) is 0 Å². The second-order valence-electron chi connectivity index (χ2n) is 5.97. The van der Waals surface area contributed by atoms with Gasteiger partial charge in [0, 0.05) is 25.8 Å². The van der Waals surface area contributed by atoms with E-state index in [1.54, 1.807) is 10.9 Å². The molecule has 0 spiro atoms. The number of amides is 1. The zero-order valence-electron chi connectivity index (χ0n) is 11.7. The second kappa shape index (κ2) is 4.63. The number of piperidine rings is 2. The molecule has 19 heavy (non-hydrogen) atoms. The maximum Gasteiger partial charge on any atom is 0.257 e. The molecule has 2 atom stereocenters. The van der Waals surface area contributed by atoms with Gasteiger partial charge in [0.15, 0.2) is 0 Å². The van der Waals surface area contributed by atoms with Crippen LogP contribution in [0.1, 0.15) is 43.0 Å². The lowest BCUT2D eigenvalue weighted by Gasteiger charge is -2.52. The van der Waals surface area contributed by atoms with Crippen molar-refractivity contribution in [2.24, 2.45) is 7.05 Å². The first-order valence-electron chi connectivity index (χ1n) is 7.15. The molecule has 1 aromatic rings. The Balaban J connectivity index is 1.88. The van der Waals surface area contributed by atoms with Gasteiger partial charge in [-0.15, -0.1) is 0 Å². The van der Waals surface area contributed by atoms with Crippen molar-refractivity contribution in [1.29, 1.82) is 0 Å². The van der Waals surface area contributed by atoms with Crippen LogP contribution in [0.2, 0.25) is 0 Å². The van der Waals surface area contributed by atoms with E-state index in [2.05, 4.69) is 22.2 Å². The van der Waals surface area contributed by atoms with Crippen molar-refractivity contribution in [1.82, 2.24) is 20.0 Å². The topological polar surface area (TPSA) is 50.2 Å². The first kappa shape index (κ1) is 12.7. The molecule has 5 nitrogen and oxygen atoms in total. The summed E-state index contributed by atoms with van der Waals surface area (Å²) in [5, 5.41) is 7.70. The molecule has 2 fully saturated rings. The van der Waals surface area contributed by atoms with Crippen molar-refractivity contribution in [2.75, 3.05) is 13.1 Å². The SMILES string of the molecule is Cn1cc(C(=O)N2CCC[C@H]3NCCC[C@@]32C)cn1. The fourth-order valence-electron chi connectivity index (χ4n) is 3.58. The molecule has 1 aromatic heterocycles. The van der Waals surface area contributed by atoms with Gasteiger partial charge in [0.2, 0.25) is 0 Å². The van der Waals surface area contributed by atoms with E-state index < -0.39 is 0 Å². The Morgan fingerprint density at radius 2 is 2.37 bits per heavy atom. The minimum Gasteiger partial charge on any atom is -0.332 e. The lowest BCUT2D eigenvalue weighted by atomic mass is 9.77. The van der Waals surface area contributed by atoms with Gasteiger partial charge in [0.05, 0.1) is 17.3 Å². The summed E-state index contributed by atoms with van der Waals surface area (Å²) >= 11 is 0. The summed E-state index contributed by atoms with van der Waals surface area (Å²) < 4.78 is 1.69. The smallest absolute Gasteiger partial charge is 0.257 e. The Kier molecular flexibility index (Phi) is 3.09. The molecule has 5 heteroatoms. The molecule has 0 saturated carbocycles. The molecule has 0 unspecified atom stereocenters. The summed E-state index contributed by atoms with van der Waals surface area (Å²) in [4.78, 5) is 14.8. The van der Waals surface area contributed by atoms with Crippen LogP contribution in [-0.4, -0.2) is 45.3 Å². The van der Waals surface area contributed by atoms with Crippen molar-refractivity contribution in [3.05, 3.63) is 18.0 Å². The Labute approximate surface area is 114 Å². The summed E-state index contributed by atoms with van der Waals surface area (Å²) in [7, 11) is 1.85. The van der Waals surface area contributed by atoms with Gasteiger partial charge in [-0.2, -0.15) is 5.10 Å². The largest absolute Gasteiger partial charge is 0.332 e. The highest BCUT2D eigenvalue weighted by molar-refractivity contribution is 5.94. The van der Waals surface area contributed by atoms with E-state index in [4.69, 9.17) is 0 Å². The van der Waals surface area contributed by atoms with Crippen molar-refractivity contribution in [2.45, 2.75) is 44.2 Å². The zero-order chi connectivity index (χ0) is 13.5. The van der Waals surface area contributed by atoms with Crippen LogP contribution >= 0.6 is 0 Å². The molecule has 0 aromatic carbocycles. The van der Waals surface area contributed by atoms with Gasteiger partial charge >= 0.3 is 0 Å².